The topological polar surface area (TPSA) is 86.6 Å². The van der Waals surface area contributed by atoms with E-state index in [1.807, 2.05) is 0 Å². The summed E-state index contributed by atoms with van der Waals surface area (Å²) in [6.07, 6.45) is 0. The zero-order chi connectivity index (χ0) is 12.3. The summed E-state index contributed by atoms with van der Waals surface area (Å²) in [5, 5.41) is 20.3. The van der Waals surface area contributed by atoms with Gasteiger partial charge >= 0.3 is 5.97 Å². The van der Waals surface area contributed by atoms with Crippen LogP contribution in [0.5, 0.6) is 5.75 Å². The van der Waals surface area contributed by atoms with Gasteiger partial charge in [0.1, 0.15) is 11.8 Å². The van der Waals surface area contributed by atoms with Crippen molar-refractivity contribution >= 4 is 11.9 Å². The highest BCUT2D eigenvalue weighted by molar-refractivity contribution is 5.96. The van der Waals surface area contributed by atoms with Crippen molar-refractivity contribution in [1.82, 2.24) is 5.32 Å². The maximum Gasteiger partial charge on any atom is 0.325 e. The van der Waals surface area contributed by atoms with Crippen molar-refractivity contribution in [1.29, 1.82) is 0 Å². The van der Waals surface area contributed by atoms with Gasteiger partial charge in [-0.15, -0.1) is 0 Å². The number of phenols is 1. The molecule has 16 heavy (non-hydrogen) atoms. The standard InChI is InChI=1S/C11H13NO4/c1-6-3-4-8(5-9(6)13)10(14)12-7(2)11(15)16/h3-5,7,13H,1-2H3,(H,12,14)(H,15,16)/t7-/m0/s1. The van der Waals surface area contributed by atoms with Crippen LogP contribution in [0.1, 0.15) is 22.8 Å². The third-order valence-electron chi connectivity index (χ3n) is 2.19. The summed E-state index contributed by atoms with van der Waals surface area (Å²) in [5.41, 5.74) is 0.888. The van der Waals surface area contributed by atoms with Gasteiger partial charge in [-0.25, -0.2) is 0 Å². The number of nitrogens with one attached hydrogen (secondary N) is 1. The Balaban J connectivity index is 2.81. The van der Waals surface area contributed by atoms with E-state index < -0.39 is 17.9 Å². The molecule has 1 rings (SSSR count). The molecule has 1 aromatic carbocycles. The fourth-order valence-electron chi connectivity index (χ4n) is 1.09. The minimum Gasteiger partial charge on any atom is -0.508 e. The highest BCUT2D eigenvalue weighted by atomic mass is 16.4. The van der Waals surface area contributed by atoms with Crippen molar-refractivity contribution in [3.8, 4) is 5.75 Å². The molecule has 0 saturated carbocycles. The number of aliphatic carboxylic acids is 1. The molecule has 0 radical (unpaired) electrons. The van der Waals surface area contributed by atoms with Crippen LogP contribution in [0.4, 0.5) is 0 Å². The Morgan fingerprint density at radius 1 is 1.38 bits per heavy atom. The Labute approximate surface area is 92.7 Å². The lowest BCUT2D eigenvalue weighted by molar-refractivity contribution is -0.138. The quantitative estimate of drug-likeness (QED) is 0.710. The monoisotopic (exact) mass is 223 g/mol. The fraction of sp³-hybridized carbons (Fsp3) is 0.273. The van der Waals surface area contributed by atoms with Gasteiger partial charge in [0.05, 0.1) is 0 Å². The lowest BCUT2D eigenvalue weighted by Crippen LogP contribution is -2.38. The van der Waals surface area contributed by atoms with Gasteiger partial charge in [-0.05, 0) is 31.5 Å². The minimum absolute atomic E-state index is 0.00984. The molecule has 0 aliphatic heterocycles. The van der Waals surface area contributed by atoms with Crippen molar-refractivity contribution < 1.29 is 19.8 Å². The average molecular weight is 223 g/mol. The predicted molar refractivity (Wildman–Crippen MR) is 57.4 cm³/mol. The van der Waals surface area contributed by atoms with Crippen molar-refractivity contribution in [2.24, 2.45) is 0 Å². The number of amides is 1. The van der Waals surface area contributed by atoms with Crippen LogP contribution in [0, 0.1) is 6.92 Å². The predicted octanol–water partition coefficient (Wildman–Crippen LogP) is 0.904. The third-order valence-corrected chi connectivity index (χ3v) is 2.19. The first-order chi connectivity index (χ1) is 7.41. The summed E-state index contributed by atoms with van der Waals surface area (Å²) in [7, 11) is 0. The highest BCUT2D eigenvalue weighted by Crippen LogP contribution is 2.17. The average Bonchev–Trinajstić information content (AvgIpc) is 2.21. The number of carboxylic acids is 1. The Bertz CT molecular complexity index is 428. The number of benzene rings is 1. The second-order valence-corrected chi connectivity index (χ2v) is 3.53. The van der Waals surface area contributed by atoms with Gasteiger partial charge in [-0.3, -0.25) is 9.59 Å². The lowest BCUT2D eigenvalue weighted by atomic mass is 10.1. The van der Waals surface area contributed by atoms with Crippen LogP contribution in [0.15, 0.2) is 18.2 Å². The number of phenolic OH excluding ortho intramolecular Hbond substituents is 1. The molecule has 0 heterocycles. The molecule has 0 bridgehead atoms. The SMILES string of the molecule is Cc1ccc(C(=O)N[C@@H](C)C(=O)O)cc1O. The van der Waals surface area contributed by atoms with E-state index in [1.165, 1.54) is 19.1 Å². The number of aryl methyl sites for hydroxylation is 1. The molecule has 5 nitrogen and oxygen atoms in total. The summed E-state index contributed by atoms with van der Waals surface area (Å²) in [6.45, 7) is 3.07. The van der Waals surface area contributed by atoms with Crippen LogP contribution in [0.25, 0.3) is 0 Å². The third kappa shape index (κ3) is 2.73. The zero-order valence-electron chi connectivity index (χ0n) is 9.02. The molecule has 0 aromatic heterocycles. The molecule has 86 valence electrons. The van der Waals surface area contributed by atoms with Gasteiger partial charge in [0.2, 0.25) is 0 Å². The molecule has 1 atom stereocenters. The van der Waals surface area contributed by atoms with Crippen molar-refractivity contribution in [2.75, 3.05) is 0 Å². The molecular formula is C11H13NO4. The van der Waals surface area contributed by atoms with Gasteiger partial charge < -0.3 is 15.5 Å². The first-order valence-corrected chi connectivity index (χ1v) is 4.75. The molecule has 1 amide bonds. The summed E-state index contributed by atoms with van der Waals surface area (Å²) in [5.74, 6) is -1.62. The molecule has 3 N–H and O–H groups in total. The van der Waals surface area contributed by atoms with E-state index in [0.29, 0.717) is 5.56 Å². The number of rotatable bonds is 3. The Morgan fingerprint density at radius 2 is 2.00 bits per heavy atom. The van der Waals surface area contributed by atoms with Gasteiger partial charge in [-0.2, -0.15) is 0 Å². The van der Waals surface area contributed by atoms with Gasteiger partial charge in [0.15, 0.2) is 0 Å². The number of hydrogen-bond donors (Lipinski definition) is 3. The first kappa shape index (κ1) is 12.0. The maximum atomic E-state index is 11.5. The number of carboxylic acid groups (broad SMARTS) is 1. The molecular weight excluding hydrogens is 210 g/mol. The van der Waals surface area contributed by atoms with Crippen molar-refractivity contribution in [2.45, 2.75) is 19.9 Å². The van der Waals surface area contributed by atoms with Crippen molar-refractivity contribution in [3.05, 3.63) is 29.3 Å². The second kappa shape index (κ2) is 4.65. The van der Waals surface area contributed by atoms with E-state index in [0.717, 1.165) is 0 Å². The number of hydrogen-bond acceptors (Lipinski definition) is 3. The van der Waals surface area contributed by atoms with Crippen LogP contribution in [0.2, 0.25) is 0 Å². The van der Waals surface area contributed by atoms with E-state index in [1.54, 1.807) is 13.0 Å². The highest BCUT2D eigenvalue weighted by Gasteiger charge is 2.15. The van der Waals surface area contributed by atoms with Crippen LogP contribution in [0.3, 0.4) is 0 Å². The molecule has 5 heteroatoms. The number of carbonyl (C=O) groups excluding carboxylic acids is 1. The van der Waals surface area contributed by atoms with E-state index in [4.69, 9.17) is 5.11 Å². The zero-order valence-corrected chi connectivity index (χ0v) is 9.02. The van der Waals surface area contributed by atoms with E-state index in [-0.39, 0.29) is 11.3 Å². The molecule has 0 aliphatic carbocycles. The Kier molecular flexibility index (Phi) is 3.50. The fourth-order valence-corrected chi connectivity index (χ4v) is 1.09. The minimum atomic E-state index is -1.11. The Morgan fingerprint density at radius 3 is 2.50 bits per heavy atom. The summed E-state index contributed by atoms with van der Waals surface area (Å²) < 4.78 is 0. The molecule has 0 spiro atoms. The molecule has 1 aromatic rings. The lowest BCUT2D eigenvalue weighted by Gasteiger charge is -2.09. The summed E-state index contributed by atoms with van der Waals surface area (Å²) in [6, 6.07) is 3.46. The van der Waals surface area contributed by atoms with Crippen LogP contribution in [-0.2, 0) is 4.79 Å². The van der Waals surface area contributed by atoms with Gasteiger partial charge in [-0.1, -0.05) is 6.07 Å². The molecule has 0 fully saturated rings. The number of aromatic hydroxyl groups is 1. The van der Waals surface area contributed by atoms with E-state index in [2.05, 4.69) is 5.32 Å². The van der Waals surface area contributed by atoms with Gasteiger partial charge in [0, 0.05) is 5.56 Å². The molecule has 0 saturated heterocycles. The molecule has 0 unspecified atom stereocenters. The van der Waals surface area contributed by atoms with E-state index >= 15 is 0 Å². The normalized spacial score (nSPS) is 11.9. The smallest absolute Gasteiger partial charge is 0.325 e. The van der Waals surface area contributed by atoms with E-state index in [9.17, 15) is 14.7 Å². The van der Waals surface area contributed by atoms with Crippen LogP contribution in [-0.4, -0.2) is 28.1 Å². The number of carbonyl (C=O) groups is 2. The summed E-state index contributed by atoms with van der Waals surface area (Å²) in [4.78, 5) is 22.1. The van der Waals surface area contributed by atoms with Crippen LogP contribution >= 0.6 is 0 Å². The molecule has 0 aliphatic rings. The first-order valence-electron chi connectivity index (χ1n) is 4.75. The second-order valence-electron chi connectivity index (χ2n) is 3.53. The maximum absolute atomic E-state index is 11.5. The van der Waals surface area contributed by atoms with Crippen molar-refractivity contribution in [3.63, 3.8) is 0 Å². The largest absolute Gasteiger partial charge is 0.508 e. The van der Waals surface area contributed by atoms with Crippen LogP contribution < -0.4 is 5.32 Å². The Hall–Kier alpha value is -2.04. The summed E-state index contributed by atoms with van der Waals surface area (Å²) >= 11 is 0. The van der Waals surface area contributed by atoms with Gasteiger partial charge in [0.25, 0.3) is 5.91 Å².